The molecule has 1 aromatic heterocycles. The van der Waals surface area contributed by atoms with E-state index >= 15 is 0 Å². The molecule has 0 bridgehead atoms. The van der Waals surface area contributed by atoms with Crippen LogP contribution in [0.5, 0.6) is 0 Å². The van der Waals surface area contributed by atoms with E-state index in [4.69, 9.17) is 5.73 Å². The zero-order valence-electron chi connectivity index (χ0n) is 8.80. The Hall–Kier alpha value is -1.78. The Kier molecular flexibility index (Phi) is 2.45. The van der Waals surface area contributed by atoms with Crippen LogP contribution in [0.1, 0.15) is 11.6 Å². The summed E-state index contributed by atoms with van der Waals surface area (Å²) in [5.41, 5.74) is 6.94. The van der Waals surface area contributed by atoms with E-state index in [2.05, 4.69) is 16.7 Å². The molecule has 0 aliphatic carbocycles. The van der Waals surface area contributed by atoms with E-state index in [1.54, 1.807) is 4.68 Å². The van der Waals surface area contributed by atoms with Gasteiger partial charge in [0.2, 0.25) is 0 Å². The summed E-state index contributed by atoms with van der Waals surface area (Å²) in [4.78, 5) is 6.27. The van der Waals surface area contributed by atoms with Crippen molar-refractivity contribution >= 4 is 5.96 Å². The number of nitrogens with two attached hydrogens (primary N) is 1. The van der Waals surface area contributed by atoms with Crippen LogP contribution in [0.2, 0.25) is 0 Å². The van der Waals surface area contributed by atoms with Crippen LogP contribution in [0.4, 0.5) is 0 Å². The molecule has 0 amide bonds. The first-order valence-corrected chi connectivity index (χ1v) is 4.88. The summed E-state index contributed by atoms with van der Waals surface area (Å²) in [6.45, 7) is 5.14. The molecule has 1 aromatic rings. The van der Waals surface area contributed by atoms with Crippen LogP contribution in [-0.2, 0) is 7.05 Å². The van der Waals surface area contributed by atoms with Gasteiger partial charge in [-0.2, -0.15) is 5.10 Å². The van der Waals surface area contributed by atoms with Crippen LogP contribution in [0.3, 0.4) is 0 Å². The van der Waals surface area contributed by atoms with Gasteiger partial charge in [0.25, 0.3) is 0 Å². The second-order valence-corrected chi connectivity index (χ2v) is 3.60. The van der Waals surface area contributed by atoms with Gasteiger partial charge in [-0.15, -0.1) is 6.58 Å². The molecule has 1 unspecified atom stereocenters. The highest BCUT2D eigenvalue weighted by Crippen LogP contribution is 2.24. The first-order chi connectivity index (χ1) is 7.22. The van der Waals surface area contributed by atoms with Crippen LogP contribution < -0.4 is 5.73 Å². The second-order valence-electron chi connectivity index (χ2n) is 3.60. The molecule has 15 heavy (non-hydrogen) atoms. The van der Waals surface area contributed by atoms with Gasteiger partial charge >= 0.3 is 0 Å². The zero-order chi connectivity index (χ0) is 10.8. The molecule has 0 aromatic carbocycles. The van der Waals surface area contributed by atoms with E-state index in [9.17, 15) is 0 Å². The molecular weight excluding hydrogens is 190 g/mol. The molecule has 1 aliphatic heterocycles. The molecule has 1 aliphatic rings. The maximum Gasteiger partial charge on any atom is 0.192 e. The highest BCUT2D eigenvalue weighted by Gasteiger charge is 2.27. The van der Waals surface area contributed by atoms with E-state index in [1.807, 2.05) is 30.4 Å². The van der Waals surface area contributed by atoms with Crippen molar-refractivity contribution < 1.29 is 0 Å². The average molecular weight is 205 g/mol. The molecule has 80 valence electrons. The standard InChI is InChI=1S/C10H15N5/c1-3-4-15-9(6-12-10(15)11)8-5-13-14(2)7-8/h3,5,7,9H,1,4,6H2,2H3,(H2,11,12). The van der Waals surface area contributed by atoms with E-state index in [-0.39, 0.29) is 6.04 Å². The number of guanidine groups is 1. The molecule has 1 atom stereocenters. The Labute approximate surface area is 88.9 Å². The Morgan fingerprint density at radius 2 is 2.53 bits per heavy atom. The molecule has 0 saturated carbocycles. The second kappa shape index (κ2) is 3.76. The fraction of sp³-hybridized carbons (Fsp3) is 0.400. The van der Waals surface area contributed by atoms with Crippen molar-refractivity contribution in [3.63, 3.8) is 0 Å². The van der Waals surface area contributed by atoms with Crippen LogP contribution in [0.15, 0.2) is 30.0 Å². The SMILES string of the molecule is C=CCN1C(N)=NCC1c1cnn(C)c1. The minimum Gasteiger partial charge on any atom is -0.370 e. The summed E-state index contributed by atoms with van der Waals surface area (Å²) in [6, 6.07) is 0.205. The van der Waals surface area contributed by atoms with Gasteiger partial charge in [0.1, 0.15) is 0 Å². The summed E-state index contributed by atoms with van der Waals surface area (Å²) in [5.74, 6) is 0.587. The third-order valence-electron chi connectivity index (χ3n) is 2.53. The van der Waals surface area contributed by atoms with Gasteiger partial charge in [-0.1, -0.05) is 6.08 Å². The molecule has 5 heteroatoms. The lowest BCUT2D eigenvalue weighted by atomic mass is 10.1. The van der Waals surface area contributed by atoms with Gasteiger partial charge in [0.05, 0.1) is 18.8 Å². The quantitative estimate of drug-likeness (QED) is 0.721. The smallest absolute Gasteiger partial charge is 0.192 e. The Morgan fingerprint density at radius 3 is 3.13 bits per heavy atom. The molecule has 2 heterocycles. The number of hydrogen-bond acceptors (Lipinski definition) is 4. The summed E-state index contributed by atoms with van der Waals surface area (Å²) >= 11 is 0. The third-order valence-corrected chi connectivity index (χ3v) is 2.53. The van der Waals surface area contributed by atoms with Crippen molar-refractivity contribution in [2.45, 2.75) is 6.04 Å². The molecule has 5 nitrogen and oxygen atoms in total. The minimum absolute atomic E-state index is 0.205. The maximum absolute atomic E-state index is 5.80. The van der Waals surface area contributed by atoms with Gasteiger partial charge < -0.3 is 10.6 Å². The molecular formula is C10H15N5. The van der Waals surface area contributed by atoms with Crippen LogP contribution >= 0.6 is 0 Å². The van der Waals surface area contributed by atoms with Crippen molar-refractivity contribution in [1.82, 2.24) is 14.7 Å². The van der Waals surface area contributed by atoms with Gasteiger partial charge in [0, 0.05) is 25.4 Å². The van der Waals surface area contributed by atoms with Crippen molar-refractivity contribution in [1.29, 1.82) is 0 Å². The Morgan fingerprint density at radius 1 is 1.73 bits per heavy atom. The van der Waals surface area contributed by atoms with Crippen molar-refractivity contribution in [3.05, 3.63) is 30.6 Å². The maximum atomic E-state index is 5.80. The highest BCUT2D eigenvalue weighted by atomic mass is 15.3. The summed E-state index contributed by atoms with van der Waals surface area (Å²) in [6.07, 6.45) is 5.68. The first-order valence-electron chi connectivity index (χ1n) is 4.88. The normalized spacial score (nSPS) is 20.5. The van der Waals surface area contributed by atoms with Gasteiger partial charge in [-0.25, -0.2) is 0 Å². The molecule has 2 rings (SSSR count). The van der Waals surface area contributed by atoms with E-state index < -0.39 is 0 Å². The number of aliphatic imine (C=N–C) groups is 1. The zero-order valence-corrected chi connectivity index (χ0v) is 8.80. The predicted molar refractivity (Wildman–Crippen MR) is 59.3 cm³/mol. The monoisotopic (exact) mass is 205 g/mol. The first kappa shape index (κ1) is 9.76. The fourth-order valence-electron chi connectivity index (χ4n) is 1.79. The van der Waals surface area contributed by atoms with Crippen molar-refractivity contribution in [2.24, 2.45) is 17.8 Å². The van der Waals surface area contributed by atoms with Crippen LogP contribution in [0.25, 0.3) is 0 Å². The Bertz CT molecular complexity index is 392. The van der Waals surface area contributed by atoms with E-state index in [0.717, 1.165) is 12.1 Å². The minimum atomic E-state index is 0.205. The summed E-state index contributed by atoms with van der Waals surface area (Å²) < 4.78 is 1.79. The Balaban J connectivity index is 2.20. The van der Waals surface area contributed by atoms with Crippen molar-refractivity contribution in [2.75, 3.05) is 13.1 Å². The molecule has 0 fully saturated rings. The largest absolute Gasteiger partial charge is 0.370 e. The fourth-order valence-corrected chi connectivity index (χ4v) is 1.79. The lowest BCUT2D eigenvalue weighted by molar-refractivity contribution is 0.380. The van der Waals surface area contributed by atoms with Gasteiger partial charge in [-0.3, -0.25) is 9.67 Å². The van der Waals surface area contributed by atoms with Gasteiger partial charge in [0.15, 0.2) is 5.96 Å². The third kappa shape index (κ3) is 1.72. The van der Waals surface area contributed by atoms with Crippen LogP contribution in [-0.4, -0.2) is 33.7 Å². The molecule has 2 N–H and O–H groups in total. The van der Waals surface area contributed by atoms with Gasteiger partial charge in [-0.05, 0) is 0 Å². The molecule has 0 saturated heterocycles. The van der Waals surface area contributed by atoms with Crippen molar-refractivity contribution in [3.8, 4) is 0 Å². The number of nitrogens with zero attached hydrogens (tertiary/aromatic N) is 4. The summed E-state index contributed by atoms with van der Waals surface area (Å²) in [7, 11) is 1.90. The number of aromatic nitrogens is 2. The number of aryl methyl sites for hydroxylation is 1. The van der Waals surface area contributed by atoms with E-state index in [1.165, 1.54) is 0 Å². The number of hydrogen-bond donors (Lipinski definition) is 1. The molecule has 0 spiro atoms. The topological polar surface area (TPSA) is 59.4 Å². The lowest BCUT2D eigenvalue weighted by Crippen LogP contribution is -2.36. The molecule has 0 radical (unpaired) electrons. The summed E-state index contributed by atoms with van der Waals surface area (Å²) in [5, 5.41) is 4.15. The average Bonchev–Trinajstić information content (AvgIpc) is 2.76. The lowest BCUT2D eigenvalue weighted by Gasteiger charge is -2.23. The highest BCUT2D eigenvalue weighted by molar-refractivity contribution is 5.80. The van der Waals surface area contributed by atoms with E-state index in [0.29, 0.717) is 12.5 Å². The number of rotatable bonds is 3. The van der Waals surface area contributed by atoms with Crippen LogP contribution in [0, 0.1) is 0 Å². The predicted octanol–water partition coefficient (Wildman–Crippen LogP) is 0.277.